The Balaban J connectivity index is 2.62. The first-order chi connectivity index (χ1) is 7.28. The second-order valence-electron chi connectivity index (χ2n) is 4.79. The molecule has 16 heavy (non-hydrogen) atoms. The van der Waals surface area contributed by atoms with Crippen LogP contribution in [0.1, 0.15) is 32.5 Å². The molecule has 0 saturated heterocycles. The van der Waals surface area contributed by atoms with Crippen LogP contribution >= 0.6 is 0 Å². The molecule has 0 aliphatic carbocycles. The van der Waals surface area contributed by atoms with Crippen LogP contribution in [0.15, 0.2) is 4.52 Å². The summed E-state index contributed by atoms with van der Waals surface area (Å²) in [5, 5.41) is 3.63. The zero-order valence-corrected chi connectivity index (χ0v) is 9.46. The molecule has 1 aromatic heterocycles. The molecule has 0 atom stereocenters. The van der Waals surface area contributed by atoms with Crippen molar-refractivity contribution in [1.29, 1.82) is 0 Å². The van der Waals surface area contributed by atoms with E-state index in [9.17, 15) is 13.6 Å². The van der Waals surface area contributed by atoms with Crippen LogP contribution in [0.4, 0.5) is 8.78 Å². The van der Waals surface area contributed by atoms with Gasteiger partial charge in [-0.25, -0.2) is 8.78 Å². The lowest BCUT2D eigenvalue weighted by Gasteiger charge is -2.14. The van der Waals surface area contributed by atoms with Crippen molar-refractivity contribution in [3.8, 4) is 0 Å². The van der Waals surface area contributed by atoms with Gasteiger partial charge in [-0.05, 0) is 5.41 Å². The number of hydrogen-bond donors (Lipinski definition) is 0. The summed E-state index contributed by atoms with van der Waals surface area (Å²) < 4.78 is 28.6. The van der Waals surface area contributed by atoms with Crippen molar-refractivity contribution in [2.45, 2.75) is 40.0 Å². The number of aromatic nitrogens is 2. The Labute approximate surface area is 92.0 Å². The molecule has 0 aromatic carbocycles. The number of carbonyl (C=O) groups excluding carboxylic acids is 1. The molecule has 0 amide bonds. The van der Waals surface area contributed by atoms with E-state index < -0.39 is 18.6 Å². The normalized spacial score (nSPS) is 12.1. The molecule has 4 nitrogen and oxygen atoms in total. The second-order valence-corrected chi connectivity index (χ2v) is 4.79. The van der Waals surface area contributed by atoms with Crippen LogP contribution in [0.2, 0.25) is 0 Å². The lowest BCUT2D eigenvalue weighted by Crippen LogP contribution is -2.13. The monoisotopic (exact) mass is 232 g/mol. The lowest BCUT2D eigenvalue weighted by atomic mass is 9.92. The van der Waals surface area contributed by atoms with E-state index in [1.54, 1.807) is 0 Å². The number of Topliss-reactive ketones (excluding diaryl/α,β-unsaturated/α-hetero) is 1. The van der Waals surface area contributed by atoms with Crippen molar-refractivity contribution in [1.82, 2.24) is 10.1 Å². The Morgan fingerprint density at radius 1 is 1.44 bits per heavy atom. The van der Waals surface area contributed by atoms with Gasteiger partial charge < -0.3 is 4.52 Å². The molecule has 1 heterocycles. The fourth-order valence-electron chi connectivity index (χ4n) is 1.13. The highest BCUT2D eigenvalue weighted by Crippen LogP contribution is 2.18. The highest BCUT2D eigenvalue weighted by molar-refractivity contribution is 5.82. The molecule has 0 bridgehead atoms. The first kappa shape index (κ1) is 12.7. The van der Waals surface area contributed by atoms with Gasteiger partial charge in [0, 0.05) is 6.42 Å². The van der Waals surface area contributed by atoms with E-state index in [2.05, 4.69) is 10.1 Å². The molecule has 0 radical (unpaired) electrons. The maximum atomic E-state index is 12.0. The number of hydrogen-bond acceptors (Lipinski definition) is 4. The first-order valence-corrected chi connectivity index (χ1v) is 4.90. The number of alkyl halides is 2. The molecule has 1 rings (SSSR count). The Morgan fingerprint density at radius 3 is 2.56 bits per heavy atom. The predicted octanol–water partition coefficient (Wildman–Crippen LogP) is 2.03. The van der Waals surface area contributed by atoms with Crippen LogP contribution in [0.25, 0.3) is 0 Å². The second kappa shape index (κ2) is 4.67. The van der Waals surface area contributed by atoms with Crippen LogP contribution < -0.4 is 0 Å². The van der Waals surface area contributed by atoms with Crippen molar-refractivity contribution >= 4 is 5.78 Å². The summed E-state index contributed by atoms with van der Waals surface area (Å²) in [7, 11) is 0. The SMILES string of the molecule is CC(C)(C)Cc1noc(CC(=O)C(F)F)n1. The standard InChI is InChI=1S/C10H14F2N2O2/c1-10(2,3)5-7-13-8(16-14-7)4-6(15)9(11)12/h9H,4-5H2,1-3H3. The highest BCUT2D eigenvalue weighted by Gasteiger charge is 2.21. The number of rotatable bonds is 4. The maximum Gasteiger partial charge on any atom is 0.296 e. The average Bonchev–Trinajstić information content (AvgIpc) is 2.49. The van der Waals surface area contributed by atoms with E-state index in [4.69, 9.17) is 4.52 Å². The van der Waals surface area contributed by atoms with Crippen molar-refractivity contribution in [3.63, 3.8) is 0 Å². The minimum Gasteiger partial charge on any atom is -0.339 e. The molecule has 0 N–H and O–H groups in total. The Hall–Kier alpha value is -1.33. The fourth-order valence-corrected chi connectivity index (χ4v) is 1.13. The van der Waals surface area contributed by atoms with Gasteiger partial charge in [0.2, 0.25) is 11.7 Å². The maximum absolute atomic E-state index is 12.0. The quantitative estimate of drug-likeness (QED) is 0.797. The van der Waals surface area contributed by atoms with E-state index in [0.717, 1.165) is 0 Å². The number of nitrogens with zero attached hydrogens (tertiary/aromatic N) is 2. The van der Waals surface area contributed by atoms with Gasteiger partial charge in [0.05, 0.1) is 6.42 Å². The molecule has 0 aliphatic rings. The fraction of sp³-hybridized carbons (Fsp3) is 0.700. The molecule has 0 saturated carbocycles. The van der Waals surface area contributed by atoms with Crippen molar-refractivity contribution in [2.75, 3.05) is 0 Å². The molecule has 0 spiro atoms. The first-order valence-electron chi connectivity index (χ1n) is 4.90. The van der Waals surface area contributed by atoms with E-state index in [1.807, 2.05) is 20.8 Å². The van der Waals surface area contributed by atoms with Crippen LogP contribution in [-0.2, 0) is 17.6 Å². The average molecular weight is 232 g/mol. The molecule has 6 heteroatoms. The summed E-state index contributed by atoms with van der Waals surface area (Å²) in [6, 6.07) is 0. The Bertz CT molecular complexity index is 369. The summed E-state index contributed by atoms with van der Waals surface area (Å²) in [5.74, 6) is -0.819. The summed E-state index contributed by atoms with van der Waals surface area (Å²) in [4.78, 5) is 14.6. The zero-order valence-electron chi connectivity index (χ0n) is 9.46. The van der Waals surface area contributed by atoms with Crippen LogP contribution in [-0.4, -0.2) is 22.3 Å². The van der Waals surface area contributed by atoms with Gasteiger partial charge in [0.1, 0.15) is 0 Å². The van der Waals surface area contributed by atoms with Crippen LogP contribution in [0.5, 0.6) is 0 Å². The molecule has 90 valence electrons. The molecule has 0 fully saturated rings. The number of carbonyl (C=O) groups is 1. The third-order valence-electron chi connectivity index (χ3n) is 1.77. The van der Waals surface area contributed by atoms with Gasteiger partial charge in [0.25, 0.3) is 6.43 Å². The van der Waals surface area contributed by atoms with Crippen molar-refractivity contribution in [2.24, 2.45) is 5.41 Å². The van der Waals surface area contributed by atoms with Gasteiger partial charge >= 0.3 is 0 Å². The molecular weight excluding hydrogens is 218 g/mol. The molecular formula is C10H14F2N2O2. The summed E-state index contributed by atoms with van der Waals surface area (Å²) in [6.45, 7) is 5.98. The van der Waals surface area contributed by atoms with Crippen molar-refractivity contribution < 1.29 is 18.1 Å². The Kier molecular flexibility index (Phi) is 3.72. The van der Waals surface area contributed by atoms with Gasteiger partial charge in [-0.15, -0.1) is 0 Å². The number of ketones is 1. The van der Waals surface area contributed by atoms with Crippen LogP contribution in [0.3, 0.4) is 0 Å². The largest absolute Gasteiger partial charge is 0.339 e. The van der Waals surface area contributed by atoms with E-state index in [0.29, 0.717) is 12.2 Å². The lowest BCUT2D eigenvalue weighted by molar-refractivity contribution is -0.129. The summed E-state index contributed by atoms with van der Waals surface area (Å²) >= 11 is 0. The van der Waals surface area contributed by atoms with Gasteiger partial charge in [-0.1, -0.05) is 25.9 Å². The van der Waals surface area contributed by atoms with Gasteiger partial charge in [-0.3, -0.25) is 4.79 Å². The van der Waals surface area contributed by atoms with Crippen molar-refractivity contribution in [3.05, 3.63) is 11.7 Å². The smallest absolute Gasteiger partial charge is 0.296 e. The van der Waals surface area contributed by atoms with E-state index in [-0.39, 0.29) is 11.3 Å². The minimum absolute atomic E-state index is 0.0200. The third kappa shape index (κ3) is 4.04. The number of halogens is 2. The third-order valence-corrected chi connectivity index (χ3v) is 1.77. The molecule has 1 aromatic rings. The topological polar surface area (TPSA) is 56.0 Å². The van der Waals surface area contributed by atoms with E-state index in [1.165, 1.54) is 0 Å². The highest BCUT2D eigenvalue weighted by atomic mass is 19.3. The van der Waals surface area contributed by atoms with E-state index >= 15 is 0 Å². The predicted molar refractivity (Wildman–Crippen MR) is 52.2 cm³/mol. The Morgan fingerprint density at radius 2 is 2.06 bits per heavy atom. The van der Waals surface area contributed by atoms with Gasteiger partial charge in [0.15, 0.2) is 5.82 Å². The summed E-state index contributed by atoms with van der Waals surface area (Å²) in [5.41, 5.74) is -0.0200. The minimum atomic E-state index is -2.99. The van der Waals surface area contributed by atoms with Gasteiger partial charge in [-0.2, -0.15) is 4.98 Å². The molecule has 0 aliphatic heterocycles. The molecule has 0 unspecified atom stereocenters. The van der Waals surface area contributed by atoms with Crippen LogP contribution in [0, 0.1) is 5.41 Å². The zero-order chi connectivity index (χ0) is 12.3. The summed E-state index contributed by atoms with van der Waals surface area (Å²) in [6.07, 6.45) is -2.92.